The molecular formula is C14H18ClNO2. The average molecular weight is 268 g/mol. The fourth-order valence-electron chi connectivity index (χ4n) is 2.65. The van der Waals surface area contributed by atoms with E-state index in [2.05, 4.69) is 0 Å². The van der Waals surface area contributed by atoms with Crippen molar-refractivity contribution < 1.29 is 9.53 Å². The second-order valence-corrected chi connectivity index (χ2v) is 5.10. The van der Waals surface area contributed by atoms with Crippen molar-refractivity contribution in [2.24, 2.45) is 5.73 Å². The normalized spacial score (nSPS) is 15.9. The fraction of sp³-hybridized carbons (Fsp3) is 0.500. The highest BCUT2D eigenvalue weighted by Gasteiger charge is 2.23. The lowest BCUT2D eigenvalue weighted by atomic mass is 9.94. The van der Waals surface area contributed by atoms with Crippen molar-refractivity contribution in [3.8, 4) is 5.75 Å². The van der Waals surface area contributed by atoms with Crippen molar-refractivity contribution >= 4 is 17.4 Å². The van der Waals surface area contributed by atoms with E-state index < -0.39 is 0 Å². The van der Waals surface area contributed by atoms with Crippen LogP contribution in [-0.4, -0.2) is 19.4 Å². The van der Waals surface area contributed by atoms with Crippen molar-refractivity contribution in [3.05, 3.63) is 28.3 Å². The molecule has 0 heterocycles. The number of nitrogens with two attached hydrogens (primary N) is 1. The first-order valence-electron chi connectivity index (χ1n) is 6.28. The maximum Gasteiger partial charge on any atom is 0.176 e. The molecule has 3 nitrogen and oxygen atoms in total. The largest absolute Gasteiger partial charge is 0.495 e. The van der Waals surface area contributed by atoms with Crippen LogP contribution in [0.1, 0.15) is 47.5 Å². The summed E-state index contributed by atoms with van der Waals surface area (Å²) in [5.74, 6) is 1.07. The van der Waals surface area contributed by atoms with Crippen LogP contribution in [0.25, 0.3) is 0 Å². The summed E-state index contributed by atoms with van der Waals surface area (Å²) in [4.78, 5) is 11.7. The van der Waals surface area contributed by atoms with Gasteiger partial charge in [0.05, 0.1) is 18.7 Å². The van der Waals surface area contributed by atoms with Crippen LogP contribution < -0.4 is 10.5 Å². The molecule has 1 fully saturated rings. The Kier molecular flexibility index (Phi) is 4.25. The van der Waals surface area contributed by atoms with E-state index in [9.17, 15) is 4.79 Å². The molecule has 2 rings (SSSR count). The summed E-state index contributed by atoms with van der Waals surface area (Å²) < 4.78 is 5.38. The first-order chi connectivity index (χ1) is 8.67. The van der Waals surface area contributed by atoms with Gasteiger partial charge in [0.15, 0.2) is 5.78 Å². The molecule has 0 amide bonds. The van der Waals surface area contributed by atoms with Gasteiger partial charge in [-0.1, -0.05) is 24.4 Å². The zero-order chi connectivity index (χ0) is 13.1. The average Bonchev–Trinajstić information content (AvgIpc) is 2.90. The van der Waals surface area contributed by atoms with E-state index in [0.717, 1.165) is 18.4 Å². The SMILES string of the molecule is COc1c(Cl)cc(C(=O)CN)cc1C1CCCC1. The van der Waals surface area contributed by atoms with Crippen LogP contribution in [0.15, 0.2) is 12.1 Å². The lowest BCUT2D eigenvalue weighted by Crippen LogP contribution is -2.14. The first-order valence-corrected chi connectivity index (χ1v) is 6.66. The molecule has 4 heteroatoms. The Morgan fingerprint density at radius 1 is 1.44 bits per heavy atom. The van der Waals surface area contributed by atoms with Gasteiger partial charge in [-0.3, -0.25) is 4.79 Å². The van der Waals surface area contributed by atoms with Gasteiger partial charge in [0, 0.05) is 5.56 Å². The van der Waals surface area contributed by atoms with E-state index in [4.69, 9.17) is 22.1 Å². The van der Waals surface area contributed by atoms with Crippen molar-refractivity contribution in [2.75, 3.05) is 13.7 Å². The van der Waals surface area contributed by atoms with Crippen molar-refractivity contribution in [1.82, 2.24) is 0 Å². The molecule has 2 N–H and O–H groups in total. The molecule has 98 valence electrons. The van der Waals surface area contributed by atoms with Gasteiger partial charge in [0.25, 0.3) is 0 Å². The van der Waals surface area contributed by atoms with Crippen LogP contribution in [0.3, 0.4) is 0 Å². The Morgan fingerprint density at radius 2 is 2.11 bits per heavy atom. The number of carbonyl (C=O) groups excluding carboxylic acids is 1. The minimum atomic E-state index is -0.0844. The van der Waals surface area contributed by atoms with Gasteiger partial charge >= 0.3 is 0 Å². The standard InChI is InChI=1S/C14H18ClNO2/c1-18-14-11(9-4-2-3-5-9)6-10(7-12(14)15)13(17)8-16/h6-7,9H,2-5,8,16H2,1H3. The van der Waals surface area contributed by atoms with Crippen LogP contribution in [0.2, 0.25) is 5.02 Å². The number of halogens is 1. The highest BCUT2D eigenvalue weighted by atomic mass is 35.5. The lowest BCUT2D eigenvalue weighted by Gasteiger charge is -2.17. The molecule has 0 spiro atoms. The number of Topliss-reactive ketones (excluding diaryl/α,β-unsaturated/α-hetero) is 1. The van der Waals surface area contributed by atoms with Gasteiger partial charge in [-0.25, -0.2) is 0 Å². The summed E-state index contributed by atoms with van der Waals surface area (Å²) in [5, 5.41) is 0.499. The van der Waals surface area contributed by atoms with E-state index in [1.165, 1.54) is 12.8 Å². The molecule has 1 aromatic carbocycles. The highest BCUT2D eigenvalue weighted by Crippen LogP contribution is 2.42. The van der Waals surface area contributed by atoms with Gasteiger partial charge in [-0.05, 0) is 36.5 Å². The molecule has 1 aliphatic carbocycles. The van der Waals surface area contributed by atoms with Crippen LogP contribution in [-0.2, 0) is 0 Å². The number of carbonyl (C=O) groups is 1. The van der Waals surface area contributed by atoms with Crippen LogP contribution in [0.4, 0.5) is 0 Å². The molecule has 1 aromatic rings. The number of benzene rings is 1. The summed E-state index contributed by atoms with van der Waals surface area (Å²) in [5.41, 5.74) is 7.05. The Bertz CT molecular complexity index is 453. The quantitative estimate of drug-likeness (QED) is 0.853. The minimum absolute atomic E-state index is 0.00671. The van der Waals surface area contributed by atoms with Crippen LogP contribution in [0.5, 0.6) is 5.75 Å². The summed E-state index contributed by atoms with van der Waals surface area (Å²) in [7, 11) is 1.62. The summed E-state index contributed by atoms with van der Waals surface area (Å²) >= 11 is 6.20. The molecular weight excluding hydrogens is 250 g/mol. The van der Waals surface area contributed by atoms with Gasteiger partial charge in [0.2, 0.25) is 0 Å². The summed E-state index contributed by atoms with van der Waals surface area (Å²) in [6.07, 6.45) is 4.71. The molecule has 0 aliphatic heterocycles. The molecule has 0 bridgehead atoms. The molecule has 0 saturated heterocycles. The van der Waals surface area contributed by atoms with Crippen molar-refractivity contribution in [1.29, 1.82) is 0 Å². The smallest absolute Gasteiger partial charge is 0.176 e. The summed E-state index contributed by atoms with van der Waals surface area (Å²) in [6, 6.07) is 3.55. The zero-order valence-corrected chi connectivity index (χ0v) is 11.3. The zero-order valence-electron chi connectivity index (χ0n) is 10.5. The van der Waals surface area contributed by atoms with Crippen molar-refractivity contribution in [2.45, 2.75) is 31.6 Å². The van der Waals surface area contributed by atoms with Gasteiger partial charge < -0.3 is 10.5 Å². The maximum absolute atomic E-state index is 11.7. The molecule has 0 radical (unpaired) electrons. The lowest BCUT2D eigenvalue weighted by molar-refractivity contribution is 0.100. The van der Waals surface area contributed by atoms with Crippen molar-refractivity contribution in [3.63, 3.8) is 0 Å². The third kappa shape index (κ3) is 2.52. The highest BCUT2D eigenvalue weighted by molar-refractivity contribution is 6.32. The molecule has 0 unspecified atom stereocenters. The minimum Gasteiger partial charge on any atom is -0.495 e. The molecule has 1 saturated carbocycles. The van der Waals surface area contributed by atoms with Crippen LogP contribution >= 0.6 is 11.6 Å². The monoisotopic (exact) mass is 267 g/mol. The third-order valence-corrected chi connectivity index (χ3v) is 3.86. The van der Waals surface area contributed by atoms with E-state index in [-0.39, 0.29) is 12.3 Å². The van der Waals surface area contributed by atoms with Gasteiger partial charge in [-0.2, -0.15) is 0 Å². The van der Waals surface area contributed by atoms with Gasteiger partial charge in [0.1, 0.15) is 5.75 Å². The number of ketones is 1. The fourth-order valence-corrected chi connectivity index (χ4v) is 2.95. The number of hydrogen-bond donors (Lipinski definition) is 1. The van der Waals surface area contributed by atoms with E-state index >= 15 is 0 Å². The summed E-state index contributed by atoms with van der Waals surface area (Å²) in [6.45, 7) is 0.00671. The number of rotatable bonds is 4. The van der Waals surface area contributed by atoms with Crippen LogP contribution in [0, 0.1) is 0 Å². The second kappa shape index (κ2) is 5.72. The van der Waals surface area contributed by atoms with E-state index in [1.807, 2.05) is 6.07 Å². The second-order valence-electron chi connectivity index (χ2n) is 4.69. The van der Waals surface area contributed by atoms with Gasteiger partial charge in [-0.15, -0.1) is 0 Å². The first kappa shape index (κ1) is 13.4. The Hall–Kier alpha value is -1.06. The molecule has 1 aliphatic rings. The predicted molar refractivity (Wildman–Crippen MR) is 72.6 cm³/mol. The molecule has 18 heavy (non-hydrogen) atoms. The topological polar surface area (TPSA) is 52.3 Å². The molecule has 0 atom stereocenters. The molecule has 0 aromatic heterocycles. The Labute approximate surface area is 112 Å². The Balaban J connectivity index is 2.46. The maximum atomic E-state index is 11.7. The number of methoxy groups -OCH3 is 1. The third-order valence-electron chi connectivity index (χ3n) is 3.58. The number of hydrogen-bond acceptors (Lipinski definition) is 3. The Morgan fingerprint density at radius 3 is 2.67 bits per heavy atom. The van der Waals surface area contributed by atoms with E-state index in [1.54, 1.807) is 13.2 Å². The predicted octanol–water partition coefficient (Wildman–Crippen LogP) is 3.15. The number of ether oxygens (including phenoxy) is 1. The van der Waals surface area contributed by atoms with E-state index in [0.29, 0.717) is 22.3 Å².